The van der Waals surface area contributed by atoms with E-state index in [4.69, 9.17) is 14.2 Å². The minimum Gasteiger partial charge on any atom is -0.496 e. The molecule has 0 heterocycles. The number of carbonyl (C=O) groups excluding carboxylic acids is 1. The number of hydrogen-bond acceptors (Lipinski definition) is 5. The van der Waals surface area contributed by atoms with Gasteiger partial charge in [0.1, 0.15) is 18.1 Å². The fourth-order valence-corrected chi connectivity index (χ4v) is 3.26. The molecule has 0 fully saturated rings. The van der Waals surface area contributed by atoms with Crippen molar-refractivity contribution in [3.63, 3.8) is 0 Å². The van der Waals surface area contributed by atoms with Crippen molar-refractivity contribution in [2.75, 3.05) is 14.2 Å². The van der Waals surface area contributed by atoms with Crippen molar-refractivity contribution >= 4 is 5.97 Å². The van der Waals surface area contributed by atoms with E-state index in [1.54, 1.807) is 7.11 Å². The summed E-state index contributed by atoms with van der Waals surface area (Å²) in [6.07, 6.45) is 0.963. The molecule has 0 saturated heterocycles. The fourth-order valence-electron chi connectivity index (χ4n) is 3.26. The summed E-state index contributed by atoms with van der Waals surface area (Å²) in [6, 6.07) is 13.6. The van der Waals surface area contributed by atoms with Crippen LogP contribution in [0.2, 0.25) is 0 Å². The number of esters is 1. The van der Waals surface area contributed by atoms with Crippen molar-refractivity contribution in [1.29, 1.82) is 0 Å². The Hall–Kier alpha value is -2.53. The normalized spacial score (nSPS) is 19.0. The second-order valence-corrected chi connectivity index (χ2v) is 6.20. The van der Waals surface area contributed by atoms with Crippen LogP contribution in [-0.4, -0.2) is 30.9 Å². The van der Waals surface area contributed by atoms with Gasteiger partial charge in [-0.15, -0.1) is 0 Å². The maximum atomic E-state index is 11.9. The maximum absolute atomic E-state index is 11.9. The van der Waals surface area contributed by atoms with Gasteiger partial charge in [0.25, 0.3) is 0 Å². The monoisotopic (exact) mass is 342 g/mol. The van der Waals surface area contributed by atoms with Gasteiger partial charge < -0.3 is 19.3 Å². The maximum Gasteiger partial charge on any atom is 0.338 e. The highest BCUT2D eigenvalue weighted by Crippen LogP contribution is 2.40. The van der Waals surface area contributed by atoms with E-state index >= 15 is 0 Å². The lowest BCUT2D eigenvalue weighted by Crippen LogP contribution is -2.44. The van der Waals surface area contributed by atoms with Gasteiger partial charge in [-0.05, 0) is 30.5 Å². The second-order valence-electron chi connectivity index (χ2n) is 6.20. The molecule has 1 atom stereocenters. The van der Waals surface area contributed by atoms with Crippen LogP contribution in [0.1, 0.15) is 23.1 Å². The quantitative estimate of drug-likeness (QED) is 0.847. The zero-order valence-electron chi connectivity index (χ0n) is 14.5. The van der Waals surface area contributed by atoms with Crippen molar-refractivity contribution in [3.05, 3.63) is 59.2 Å². The van der Waals surface area contributed by atoms with Crippen LogP contribution >= 0.6 is 0 Å². The molecule has 0 radical (unpaired) electrons. The summed E-state index contributed by atoms with van der Waals surface area (Å²) in [5.41, 5.74) is 1.33. The van der Waals surface area contributed by atoms with Gasteiger partial charge in [-0.2, -0.15) is 0 Å². The van der Waals surface area contributed by atoms with Gasteiger partial charge in [-0.1, -0.05) is 30.3 Å². The van der Waals surface area contributed by atoms with Gasteiger partial charge in [-0.3, -0.25) is 0 Å². The summed E-state index contributed by atoms with van der Waals surface area (Å²) in [5.74, 6) is 0.784. The summed E-state index contributed by atoms with van der Waals surface area (Å²) >= 11 is 0. The van der Waals surface area contributed by atoms with E-state index in [2.05, 4.69) is 0 Å². The summed E-state index contributed by atoms with van der Waals surface area (Å²) in [4.78, 5) is 11.9. The minimum atomic E-state index is -1.52. The Morgan fingerprint density at radius 2 is 1.80 bits per heavy atom. The van der Waals surface area contributed by atoms with Gasteiger partial charge in [0.2, 0.25) is 0 Å². The molecule has 1 aliphatic carbocycles. The molecule has 0 bridgehead atoms. The van der Waals surface area contributed by atoms with Crippen LogP contribution in [0.4, 0.5) is 0 Å². The molecule has 2 aromatic carbocycles. The Morgan fingerprint density at radius 1 is 1.08 bits per heavy atom. The molecule has 132 valence electrons. The summed E-state index contributed by atoms with van der Waals surface area (Å²) in [7, 11) is 2.86. The second kappa shape index (κ2) is 7.15. The molecule has 0 aromatic heterocycles. The predicted molar refractivity (Wildman–Crippen MR) is 92.8 cm³/mol. The lowest BCUT2D eigenvalue weighted by atomic mass is 9.79. The molecular weight excluding hydrogens is 320 g/mol. The van der Waals surface area contributed by atoms with Crippen LogP contribution in [0.15, 0.2) is 42.5 Å². The molecule has 1 aliphatic rings. The number of carbonyl (C=O) groups is 1. The molecule has 0 saturated carbocycles. The van der Waals surface area contributed by atoms with Crippen molar-refractivity contribution in [1.82, 2.24) is 0 Å². The number of benzene rings is 2. The summed E-state index contributed by atoms with van der Waals surface area (Å²) in [6.45, 7) is 0.459. The first-order chi connectivity index (χ1) is 12.1. The molecule has 0 amide bonds. The van der Waals surface area contributed by atoms with Crippen molar-refractivity contribution < 1.29 is 24.1 Å². The van der Waals surface area contributed by atoms with E-state index in [0.29, 0.717) is 25.2 Å². The number of aliphatic hydroxyl groups is 1. The molecule has 2 aromatic rings. The number of methoxy groups -OCH3 is 2. The topological polar surface area (TPSA) is 65.0 Å². The average molecular weight is 342 g/mol. The third-order valence-corrected chi connectivity index (χ3v) is 4.63. The minimum absolute atomic E-state index is 0.153. The standard InChI is InChI=1S/C20H22O5/c1-23-17-8-9-18(25-13-14-6-4-3-5-7-14)15-10-11-20(22,12-16(15)17)19(21)24-2/h3-9,22H,10-13H2,1-2H3. The molecule has 5 nitrogen and oxygen atoms in total. The fraction of sp³-hybridized carbons (Fsp3) is 0.350. The predicted octanol–water partition coefficient (Wildman–Crippen LogP) is 2.67. The zero-order chi connectivity index (χ0) is 17.9. The Bertz CT molecular complexity index is 756. The van der Waals surface area contributed by atoms with Crippen LogP contribution in [0.25, 0.3) is 0 Å². The zero-order valence-corrected chi connectivity index (χ0v) is 14.5. The number of ether oxygens (including phenoxy) is 3. The molecule has 0 aliphatic heterocycles. The number of fused-ring (bicyclic) bond motifs is 1. The van der Waals surface area contributed by atoms with Crippen molar-refractivity contribution in [2.45, 2.75) is 31.5 Å². The Morgan fingerprint density at radius 3 is 2.48 bits per heavy atom. The summed E-state index contributed by atoms with van der Waals surface area (Å²) in [5, 5.41) is 10.6. The van der Waals surface area contributed by atoms with E-state index in [9.17, 15) is 9.90 Å². The van der Waals surface area contributed by atoms with Gasteiger partial charge in [0, 0.05) is 17.5 Å². The number of rotatable bonds is 5. The van der Waals surface area contributed by atoms with Crippen molar-refractivity contribution in [3.8, 4) is 11.5 Å². The van der Waals surface area contributed by atoms with Gasteiger partial charge in [0.15, 0.2) is 5.60 Å². The molecule has 3 rings (SSSR count). The Kier molecular flexibility index (Phi) is 4.95. The van der Waals surface area contributed by atoms with Gasteiger partial charge in [0.05, 0.1) is 14.2 Å². The highest BCUT2D eigenvalue weighted by Gasteiger charge is 2.42. The number of hydrogen-bond donors (Lipinski definition) is 1. The largest absolute Gasteiger partial charge is 0.496 e. The van der Waals surface area contributed by atoms with Crippen LogP contribution in [0, 0.1) is 0 Å². The molecule has 1 unspecified atom stereocenters. The lowest BCUT2D eigenvalue weighted by molar-refractivity contribution is -0.163. The highest BCUT2D eigenvalue weighted by molar-refractivity contribution is 5.80. The third kappa shape index (κ3) is 3.46. The molecular formula is C20H22O5. The van der Waals surface area contributed by atoms with Crippen LogP contribution in [0.3, 0.4) is 0 Å². The molecule has 5 heteroatoms. The van der Waals surface area contributed by atoms with Crippen LogP contribution in [-0.2, 0) is 29.0 Å². The van der Waals surface area contributed by atoms with E-state index in [0.717, 1.165) is 22.4 Å². The lowest BCUT2D eigenvalue weighted by Gasteiger charge is -2.32. The Labute approximate surface area is 147 Å². The van der Waals surface area contributed by atoms with Gasteiger partial charge >= 0.3 is 5.97 Å². The average Bonchev–Trinajstić information content (AvgIpc) is 2.66. The van der Waals surface area contributed by atoms with Crippen molar-refractivity contribution in [2.24, 2.45) is 0 Å². The van der Waals surface area contributed by atoms with E-state index < -0.39 is 11.6 Å². The Balaban J connectivity index is 1.88. The first kappa shape index (κ1) is 17.3. The van der Waals surface area contributed by atoms with E-state index in [1.165, 1.54) is 7.11 Å². The first-order valence-corrected chi connectivity index (χ1v) is 8.23. The van der Waals surface area contributed by atoms with E-state index in [-0.39, 0.29) is 6.42 Å². The molecule has 25 heavy (non-hydrogen) atoms. The molecule has 1 N–H and O–H groups in total. The SMILES string of the molecule is COC(=O)C1(O)CCc2c(OCc3ccccc3)ccc(OC)c2C1. The molecule has 0 spiro atoms. The van der Waals surface area contributed by atoms with E-state index in [1.807, 2.05) is 42.5 Å². The smallest absolute Gasteiger partial charge is 0.338 e. The van der Waals surface area contributed by atoms with Crippen LogP contribution < -0.4 is 9.47 Å². The first-order valence-electron chi connectivity index (χ1n) is 8.23. The highest BCUT2D eigenvalue weighted by atomic mass is 16.5. The van der Waals surface area contributed by atoms with Gasteiger partial charge in [-0.25, -0.2) is 4.79 Å². The third-order valence-electron chi connectivity index (χ3n) is 4.63. The van der Waals surface area contributed by atoms with Crippen LogP contribution in [0.5, 0.6) is 11.5 Å². The summed E-state index contributed by atoms with van der Waals surface area (Å²) < 4.78 is 16.2.